The maximum atomic E-state index is 5.61. The van der Waals surface area contributed by atoms with Crippen molar-refractivity contribution in [2.24, 2.45) is 5.10 Å². The van der Waals surface area contributed by atoms with Crippen molar-refractivity contribution in [2.45, 2.75) is 25.7 Å². The van der Waals surface area contributed by atoms with Gasteiger partial charge in [-0.2, -0.15) is 5.10 Å². The van der Waals surface area contributed by atoms with Gasteiger partial charge in [-0.05, 0) is 61.7 Å². The molecule has 27 heavy (non-hydrogen) atoms. The molecule has 0 amide bonds. The average molecular weight is 381 g/mol. The van der Waals surface area contributed by atoms with Gasteiger partial charge in [-0.15, -0.1) is 0 Å². The van der Waals surface area contributed by atoms with Crippen molar-refractivity contribution in [3.8, 4) is 0 Å². The Bertz CT molecular complexity index is 822. The van der Waals surface area contributed by atoms with Crippen LogP contribution in [0.4, 0.5) is 5.82 Å². The van der Waals surface area contributed by atoms with E-state index in [2.05, 4.69) is 42.4 Å². The van der Waals surface area contributed by atoms with E-state index in [0.717, 1.165) is 69.1 Å². The van der Waals surface area contributed by atoms with Crippen LogP contribution in [0.15, 0.2) is 47.8 Å². The van der Waals surface area contributed by atoms with Crippen molar-refractivity contribution in [2.75, 3.05) is 31.1 Å². The number of anilines is 1. The fraction of sp³-hybridized carbons (Fsp3) is 0.400. The summed E-state index contributed by atoms with van der Waals surface area (Å²) in [5.74, 6) is 1.03. The summed E-state index contributed by atoms with van der Waals surface area (Å²) in [5.41, 5.74) is 6.40. The quantitative estimate of drug-likeness (QED) is 0.638. The van der Waals surface area contributed by atoms with Gasteiger partial charge in [-0.25, -0.2) is 4.98 Å². The third kappa shape index (κ3) is 4.24. The smallest absolute Gasteiger partial charge is 0.189 e. The van der Waals surface area contributed by atoms with E-state index in [0.29, 0.717) is 5.11 Å². The zero-order valence-corrected chi connectivity index (χ0v) is 16.2. The highest BCUT2D eigenvalue weighted by molar-refractivity contribution is 7.80. The van der Waals surface area contributed by atoms with Crippen LogP contribution < -0.4 is 10.3 Å². The van der Waals surface area contributed by atoms with Crippen LogP contribution in [0.5, 0.6) is 0 Å². The Labute approximate surface area is 165 Å². The summed E-state index contributed by atoms with van der Waals surface area (Å²) < 4.78 is 0. The average Bonchev–Trinajstić information content (AvgIpc) is 2.99. The van der Waals surface area contributed by atoms with E-state index >= 15 is 0 Å². The second-order valence-electron chi connectivity index (χ2n) is 6.86. The van der Waals surface area contributed by atoms with Gasteiger partial charge < -0.3 is 9.80 Å². The highest BCUT2D eigenvalue weighted by Gasteiger charge is 2.19. The molecule has 6 nitrogen and oxygen atoms in total. The van der Waals surface area contributed by atoms with Gasteiger partial charge in [0, 0.05) is 38.6 Å². The maximum Gasteiger partial charge on any atom is 0.189 e. The first-order chi connectivity index (χ1) is 13.3. The van der Waals surface area contributed by atoms with Gasteiger partial charge in [0.25, 0.3) is 0 Å². The number of nitrogens with zero attached hydrogens (tertiary/aromatic N) is 5. The third-order valence-electron chi connectivity index (χ3n) is 5.07. The fourth-order valence-corrected chi connectivity index (χ4v) is 3.88. The third-order valence-corrected chi connectivity index (χ3v) is 5.42. The molecule has 0 atom stereocenters. The summed E-state index contributed by atoms with van der Waals surface area (Å²) in [5, 5.41) is 5.29. The number of rotatable bonds is 2. The highest BCUT2D eigenvalue weighted by Crippen LogP contribution is 2.19. The van der Waals surface area contributed by atoms with Crippen molar-refractivity contribution in [1.29, 1.82) is 0 Å². The molecule has 4 rings (SSSR count). The summed E-state index contributed by atoms with van der Waals surface area (Å²) in [4.78, 5) is 13.5. The lowest BCUT2D eigenvalue weighted by atomic mass is 9.95. The molecule has 0 spiro atoms. The summed E-state index contributed by atoms with van der Waals surface area (Å²) in [6.45, 7) is 3.68. The Morgan fingerprint density at radius 3 is 2.78 bits per heavy atom. The molecule has 2 aromatic rings. The Morgan fingerprint density at radius 1 is 0.963 bits per heavy atom. The van der Waals surface area contributed by atoms with Crippen LogP contribution in [-0.4, -0.2) is 51.9 Å². The van der Waals surface area contributed by atoms with Crippen LogP contribution in [0.1, 0.15) is 30.5 Å². The summed E-state index contributed by atoms with van der Waals surface area (Å²) >= 11 is 5.61. The zero-order chi connectivity index (χ0) is 18.5. The van der Waals surface area contributed by atoms with E-state index in [4.69, 9.17) is 12.2 Å². The first-order valence-corrected chi connectivity index (χ1v) is 9.94. The monoisotopic (exact) mass is 380 g/mol. The van der Waals surface area contributed by atoms with E-state index in [9.17, 15) is 0 Å². The lowest BCUT2D eigenvalue weighted by Gasteiger charge is -2.24. The second-order valence-corrected chi connectivity index (χ2v) is 7.24. The van der Waals surface area contributed by atoms with E-state index in [1.165, 1.54) is 5.56 Å². The molecule has 1 fully saturated rings. The van der Waals surface area contributed by atoms with Crippen LogP contribution in [0.3, 0.4) is 0 Å². The summed E-state index contributed by atoms with van der Waals surface area (Å²) in [7, 11) is 0. The van der Waals surface area contributed by atoms with Crippen molar-refractivity contribution in [3.63, 3.8) is 0 Å². The molecule has 1 aliphatic heterocycles. The van der Waals surface area contributed by atoms with Crippen molar-refractivity contribution < 1.29 is 0 Å². The number of hydrogen-bond donors (Lipinski definition) is 1. The number of thiocarbonyl (C=S) groups is 1. The first-order valence-electron chi connectivity index (χ1n) is 9.53. The molecule has 0 bridgehead atoms. The Morgan fingerprint density at radius 2 is 1.89 bits per heavy atom. The maximum absolute atomic E-state index is 5.61. The molecule has 3 heterocycles. The molecule has 0 unspecified atom stereocenters. The number of hydrogen-bond acceptors (Lipinski definition) is 5. The normalized spacial score (nSPS) is 18.7. The molecule has 0 aromatic carbocycles. The van der Waals surface area contributed by atoms with Crippen molar-refractivity contribution >= 4 is 28.9 Å². The van der Waals surface area contributed by atoms with Gasteiger partial charge >= 0.3 is 0 Å². The number of pyridine rings is 2. The molecule has 140 valence electrons. The Kier molecular flexibility index (Phi) is 5.58. The number of nitrogens with one attached hydrogen (secondary N) is 1. The van der Waals surface area contributed by atoms with Gasteiger partial charge in [-0.3, -0.25) is 10.4 Å². The van der Waals surface area contributed by atoms with Gasteiger partial charge in [-0.1, -0.05) is 12.1 Å². The number of aromatic nitrogens is 2. The minimum Gasteiger partial charge on any atom is -0.355 e. The molecular weight excluding hydrogens is 356 g/mol. The predicted molar refractivity (Wildman–Crippen MR) is 112 cm³/mol. The zero-order valence-electron chi connectivity index (χ0n) is 15.3. The Balaban J connectivity index is 1.38. The van der Waals surface area contributed by atoms with Gasteiger partial charge in [0.2, 0.25) is 0 Å². The van der Waals surface area contributed by atoms with Crippen LogP contribution in [0.2, 0.25) is 0 Å². The van der Waals surface area contributed by atoms with Crippen LogP contribution in [-0.2, 0) is 6.42 Å². The largest absolute Gasteiger partial charge is 0.355 e. The van der Waals surface area contributed by atoms with Crippen LogP contribution in [0, 0.1) is 0 Å². The fourth-order valence-electron chi connectivity index (χ4n) is 3.65. The molecule has 1 N–H and O–H groups in total. The first kappa shape index (κ1) is 17.9. The van der Waals surface area contributed by atoms with Crippen LogP contribution in [0.25, 0.3) is 0 Å². The van der Waals surface area contributed by atoms with Gasteiger partial charge in [0.1, 0.15) is 5.82 Å². The predicted octanol–water partition coefficient (Wildman–Crippen LogP) is 2.60. The number of fused-ring (bicyclic) bond motifs is 1. The minimum atomic E-state index is 0.688. The van der Waals surface area contributed by atoms with Gasteiger partial charge in [0.15, 0.2) is 5.11 Å². The molecule has 0 radical (unpaired) electrons. The van der Waals surface area contributed by atoms with E-state index in [1.54, 1.807) is 0 Å². The number of aryl methyl sites for hydroxylation is 1. The Hall–Kier alpha value is -2.54. The molecule has 0 saturated carbocycles. The summed E-state index contributed by atoms with van der Waals surface area (Å²) in [6.07, 6.45) is 7.83. The van der Waals surface area contributed by atoms with E-state index in [-0.39, 0.29) is 0 Å². The van der Waals surface area contributed by atoms with E-state index < -0.39 is 0 Å². The lowest BCUT2D eigenvalue weighted by molar-refractivity contribution is 0.441. The van der Waals surface area contributed by atoms with E-state index in [1.807, 2.05) is 30.6 Å². The minimum absolute atomic E-state index is 0.688. The van der Waals surface area contributed by atoms with Crippen LogP contribution >= 0.6 is 12.2 Å². The lowest BCUT2D eigenvalue weighted by Crippen LogP contribution is -2.40. The van der Waals surface area contributed by atoms with Crippen molar-refractivity contribution in [1.82, 2.24) is 20.3 Å². The highest BCUT2D eigenvalue weighted by atomic mass is 32.1. The van der Waals surface area contributed by atoms with Crippen molar-refractivity contribution in [3.05, 3.63) is 54.0 Å². The number of hydrazone groups is 1. The SMILES string of the molecule is S=C(N/N=C1\CCCc2cccnc21)N1CCCN(c2ccccn2)CC1. The molecule has 1 aliphatic carbocycles. The molecule has 7 heteroatoms. The molecule has 1 saturated heterocycles. The second kappa shape index (κ2) is 8.43. The topological polar surface area (TPSA) is 56.7 Å². The molecular formula is C20H24N6S. The standard InChI is InChI=1S/C20H24N6S/c27-20(24-23-17-8-3-6-16-7-4-11-22-19(16)17)26-13-5-12-25(14-15-26)18-9-1-2-10-21-18/h1-2,4,7,9-11H,3,5-6,8,12-15H2,(H,24,27)/b23-17+. The summed E-state index contributed by atoms with van der Waals surface area (Å²) in [6, 6.07) is 10.2. The molecule has 2 aliphatic rings. The molecule has 2 aromatic heterocycles. The van der Waals surface area contributed by atoms with Gasteiger partial charge in [0.05, 0.1) is 11.4 Å².